The Hall–Kier alpha value is -2.59. The monoisotopic (exact) mass is 436 g/mol. The summed E-state index contributed by atoms with van der Waals surface area (Å²) in [5, 5.41) is 2.93. The minimum Gasteiger partial charge on any atom is -0.497 e. The molecule has 9 nitrogen and oxygen atoms in total. The van der Waals surface area contributed by atoms with Crippen LogP contribution in [0.3, 0.4) is 0 Å². The maximum atomic E-state index is 13.2. The molecule has 30 heavy (non-hydrogen) atoms. The van der Waals surface area contributed by atoms with Gasteiger partial charge in [-0.3, -0.25) is 4.79 Å². The molecule has 1 atom stereocenters. The molecule has 10 heteroatoms. The summed E-state index contributed by atoms with van der Waals surface area (Å²) in [6.07, 6.45) is 7.38. The van der Waals surface area contributed by atoms with Crippen LogP contribution >= 0.6 is 0 Å². The van der Waals surface area contributed by atoms with Crippen molar-refractivity contribution in [2.45, 2.75) is 30.7 Å². The first-order chi connectivity index (χ1) is 14.5. The van der Waals surface area contributed by atoms with Gasteiger partial charge in [-0.25, -0.2) is 13.4 Å². The Balaban J connectivity index is 1.62. The number of aryl methyl sites for hydroxylation is 1. The third-order valence-corrected chi connectivity index (χ3v) is 7.08. The lowest BCUT2D eigenvalue weighted by Crippen LogP contribution is -2.45. The molecule has 1 aliphatic heterocycles. The zero-order chi connectivity index (χ0) is 21.6. The van der Waals surface area contributed by atoms with Gasteiger partial charge in [0, 0.05) is 44.6 Å². The van der Waals surface area contributed by atoms with E-state index in [1.165, 1.54) is 24.6 Å². The molecular weight excluding hydrogens is 408 g/mol. The number of aromatic nitrogens is 2. The fourth-order valence-electron chi connectivity index (χ4n) is 3.54. The number of benzene rings is 1. The van der Waals surface area contributed by atoms with Gasteiger partial charge in [-0.1, -0.05) is 0 Å². The van der Waals surface area contributed by atoms with Crippen molar-refractivity contribution in [3.63, 3.8) is 0 Å². The quantitative estimate of drug-likeness (QED) is 0.598. The van der Waals surface area contributed by atoms with Crippen LogP contribution in [0.2, 0.25) is 0 Å². The molecule has 1 amide bonds. The molecule has 0 saturated carbocycles. The fourth-order valence-corrected chi connectivity index (χ4v) is 5.23. The Labute approximate surface area is 177 Å². The molecule has 1 aromatic carbocycles. The van der Waals surface area contributed by atoms with Gasteiger partial charge >= 0.3 is 0 Å². The number of piperidine rings is 1. The summed E-state index contributed by atoms with van der Waals surface area (Å²) in [4.78, 5) is 16.6. The molecule has 1 aliphatic rings. The summed E-state index contributed by atoms with van der Waals surface area (Å²) in [6, 6.07) is 4.67. The number of sulfonamides is 1. The number of nitrogens with zero attached hydrogens (tertiary/aromatic N) is 3. The van der Waals surface area contributed by atoms with E-state index in [1.807, 2.05) is 10.8 Å². The van der Waals surface area contributed by atoms with E-state index < -0.39 is 10.0 Å². The SMILES string of the molecule is COc1ccc(OC)c(S(=O)(=O)N2CCC[C@@H](C(=O)NCCCn3ccnc3)C2)c1. The van der Waals surface area contributed by atoms with E-state index in [1.54, 1.807) is 24.7 Å². The van der Waals surface area contributed by atoms with Gasteiger partial charge in [0.1, 0.15) is 16.4 Å². The molecule has 164 valence electrons. The molecule has 2 aromatic rings. The van der Waals surface area contributed by atoms with E-state index in [0.717, 1.165) is 13.0 Å². The first-order valence-electron chi connectivity index (χ1n) is 9.91. The van der Waals surface area contributed by atoms with Crippen molar-refractivity contribution in [1.29, 1.82) is 0 Å². The largest absolute Gasteiger partial charge is 0.497 e. The standard InChI is InChI=1S/C20H28N4O5S/c1-28-17-6-7-18(29-2)19(13-17)30(26,27)24-11-3-5-16(14-24)20(25)22-8-4-10-23-12-9-21-15-23/h6-7,9,12-13,15-16H,3-5,8,10-11,14H2,1-2H3,(H,22,25)/t16-/m1/s1. The zero-order valence-corrected chi connectivity index (χ0v) is 18.1. The van der Waals surface area contributed by atoms with Crippen molar-refractivity contribution in [1.82, 2.24) is 19.2 Å². The molecule has 1 saturated heterocycles. The van der Waals surface area contributed by atoms with Crippen LogP contribution in [-0.4, -0.2) is 62.0 Å². The average molecular weight is 437 g/mol. The molecule has 0 radical (unpaired) electrons. The lowest BCUT2D eigenvalue weighted by Gasteiger charge is -2.31. The Morgan fingerprint density at radius 2 is 2.13 bits per heavy atom. The fraction of sp³-hybridized carbons (Fsp3) is 0.500. The van der Waals surface area contributed by atoms with Crippen molar-refractivity contribution in [3.8, 4) is 11.5 Å². The van der Waals surface area contributed by atoms with E-state index in [-0.39, 0.29) is 29.0 Å². The van der Waals surface area contributed by atoms with Gasteiger partial charge in [0.15, 0.2) is 0 Å². The van der Waals surface area contributed by atoms with Crippen molar-refractivity contribution < 1.29 is 22.7 Å². The van der Waals surface area contributed by atoms with Gasteiger partial charge in [-0.05, 0) is 31.4 Å². The van der Waals surface area contributed by atoms with Crippen molar-refractivity contribution in [2.24, 2.45) is 5.92 Å². The van der Waals surface area contributed by atoms with E-state index in [2.05, 4.69) is 10.3 Å². The van der Waals surface area contributed by atoms with E-state index in [4.69, 9.17) is 9.47 Å². The van der Waals surface area contributed by atoms with Gasteiger partial charge in [-0.2, -0.15) is 4.31 Å². The highest BCUT2D eigenvalue weighted by molar-refractivity contribution is 7.89. The predicted molar refractivity (Wildman–Crippen MR) is 111 cm³/mol. The summed E-state index contributed by atoms with van der Waals surface area (Å²) < 4.78 is 40.2. The maximum absolute atomic E-state index is 13.2. The number of imidazole rings is 1. The number of rotatable bonds is 9. The topological polar surface area (TPSA) is 103 Å². The maximum Gasteiger partial charge on any atom is 0.246 e. The summed E-state index contributed by atoms with van der Waals surface area (Å²) >= 11 is 0. The number of ether oxygens (including phenoxy) is 2. The van der Waals surface area contributed by atoms with E-state index in [9.17, 15) is 13.2 Å². The molecule has 1 aromatic heterocycles. The number of carbonyl (C=O) groups is 1. The third kappa shape index (κ3) is 5.11. The summed E-state index contributed by atoms with van der Waals surface area (Å²) in [7, 11) is -0.914. The highest BCUT2D eigenvalue weighted by Crippen LogP contribution is 2.32. The number of methoxy groups -OCH3 is 2. The lowest BCUT2D eigenvalue weighted by molar-refractivity contribution is -0.126. The van der Waals surface area contributed by atoms with Gasteiger partial charge < -0.3 is 19.4 Å². The van der Waals surface area contributed by atoms with Crippen LogP contribution in [0, 0.1) is 5.92 Å². The first kappa shape index (κ1) is 22.1. The Bertz CT molecular complexity index is 946. The van der Waals surface area contributed by atoms with Crippen molar-refractivity contribution >= 4 is 15.9 Å². The predicted octanol–water partition coefficient (Wildman–Crippen LogP) is 1.51. The molecule has 1 N–H and O–H groups in total. The van der Waals surface area contributed by atoms with Crippen LogP contribution in [0.15, 0.2) is 41.8 Å². The smallest absolute Gasteiger partial charge is 0.246 e. The third-order valence-electron chi connectivity index (χ3n) is 5.20. The van der Waals surface area contributed by atoms with Crippen LogP contribution in [0.1, 0.15) is 19.3 Å². The first-order valence-corrected chi connectivity index (χ1v) is 11.4. The number of carbonyl (C=O) groups excluding carboxylic acids is 1. The highest BCUT2D eigenvalue weighted by Gasteiger charge is 2.35. The molecule has 2 heterocycles. The molecule has 0 unspecified atom stereocenters. The summed E-state index contributed by atoms with van der Waals surface area (Å²) in [5.41, 5.74) is 0. The van der Waals surface area contributed by atoms with E-state index in [0.29, 0.717) is 31.7 Å². The summed E-state index contributed by atoms with van der Waals surface area (Å²) in [6.45, 7) is 1.81. The number of hydrogen-bond donors (Lipinski definition) is 1. The summed E-state index contributed by atoms with van der Waals surface area (Å²) in [5.74, 6) is 0.192. The average Bonchev–Trinajstić information content (AvgIpc) is 3.29. The molecule has 3 rings (SSSR count). The van der Waals surface area contributed by atoms with Crippen LogP contribution < -0.4 is 14.8 Å². The minimum atomic E-state index is -3.82. The minimum absolute atomic E-state index is 0.0470. The zero-order valence-electron chi connectivity index (χ0n) is 17.3. The van der Waals surface area contributed by atoms with Crippen molar-refractivity contribution in [3.05, 3.63) is 36.9 Å². The molecular formula is C20H28N4O5S. The number of nitrogens with one attached hydrogen (secondary N) is 1. The number of hydrogen-bond acceptors (Lipinski definition) is 6. The second kappa shape index (κ2) is 9.94. The van der Waals surface area contributed by atoms with Gasteiger partial charge in [0.25, 0.3) is 0 Å². The van der Waals surface area contributed by atoms with Gasteiger partial charge in [0.05, 0.1) is 26.5 Å². The Morgan fingerprint density at radius 1 is 1.30 bits per heavy atom. The van der Waals surface area contributed by atoms with Crippen LogP contribution in [0.4, 0.5) is 0 Å². The van der Waals surface area contributed by atoms with Gasteiger partial charge in [-0.15, -0.1) is 0 Å². The normalized spacial score (nSPS) is 17.5. The van der Waals surface area contributed by atoms with Gasteiger partial charge in [0.2, 0.25) is 15.9 Å². The van der Waals surface area contributed by atoms with Crippen LogP contribution in [0.25, 0.3) is 0 Å². The molecule has 0 spiro atoms. The van der Waals surface area contributed by atoms with Crippen LogP contribution in [-0.2, 0) is 21.4 Å². The second-order valence-electron chi connectivity index (χ2n) is 7.16. The Morgan fingerprint density at radius 3 is 2.83 bits per heavy atom. The second-order valence-corrected chi connectivity index (χ2v) is 9.07. The molecule has 0 bridgehead atoms. The molecule has 1 fully saturated rings. The molecule has 0 aliphatic carbocycles. The van der Waals surface area contributed by atoms with E-state index >= 15 is 0 Å². The number of amides is 1. The highest BCUT2D eigenvalue weighted by atomic mass is 32.2. The lowest BCUT2D eigenvalue weighted by atomic mass is 9.99. The van der Waals surface area contributed by atoms with Crippen molar-refractivity contribution in [2.75, 3.05) is 33.9 Å². The Kier molecular flexibility index (Phi) is 7.33. The van der Waals surface area contributed by atoms with Crippen LogP contribution in [0.5, 0.6) is 11.5 Å².